The van der Waals surface area contributed by atoms with Crippen molar-refractivity contribution in [2.45, 2.75) is 63.0 Å². The molecule has 4 N–H and O–H groups in total. The van der Waals surface area contributed by atoms with E-state index < -0.39 is 11.7 Å². The molecule has 2 heterocycles. The van der Waals surface area contributed by atoms with Crippen LogP contribution in [0.15, 0.2) is 18.2 Å². The molecule has 203 valence electrons. The number of halogens is 3. The Kier molecular flexibility index (Phi) is 15.1. The number of nitrogens with two attached hydrogens (primary N) is 1. The molecule has 1 saturated carbocycles. The Balaban J connectivity index is 0.00000101. The zero-order chi connectivity index (χ0) is 26.0. The summed E-state index contributed by atoms with van der Waals surface area (Å²) in [5.74, 6) is 3.49. The number of carbonyl (C=O) groups excluding carboxylic acids is 1. The minimum absolute atomic E-state index is 0. The monoisotopic (exact) mass is 592 g/mol. The molecule has 36 heavy (non-hydrogen) atoms. The van der Waals surface area contributed by atoms with E-state index in [1.54, 1.807) is 32.2 Å². The molecule has 2 aliphatic heterocycles. The largest absolute Gasteiger partial charge is 0.668 e. The SMILES string of the molecule is COC1COCCC1NC1CCC(C(=O)N2CCc3ccc(C(F)(F)F)cc3C2)C1.C[N-]C.NO.[Y]. The number of ether oxygens (including phenoxy) is 2. The summed E-state index contributed by atoms with van der Waals surface area (Å²) in [6, 6.07) is 4.37. The molecular weight excluding hydrogens is 554 g/mol. The van der Waals surface area contributed by atoms with Gasteiger partial charge in [0.25, 0.3) is 0 Å². The molecule has 12 heteroatoms. The predicted octanol–water partition coefficient (Wildman–Crippen LogP) is 3.10. The van der Waals surface area contributed by atoms with Crippen molar-refractivity contribution >= 4 is 5.91 Å². The number of hydrogen-bond acceptors (Lipinski definition) is 6. The molecule has 1 saturated heterocycles. The zero-order valence-corrected chi connectivity index (χ0v) is 24.1. The third-order valence-electron chi connectivity index (χ3n) is 6.70. The smallest absolute Gasteiger partial charge is 0.416 e. The van der Waals surface area contributed by atoms with Crippen molar-refractivity contribution < 1.29 is 65.4 Å². The number of amides is 1. The Morgan fingerprint density at radius 1 is 1.22 bits per heavy atom. The van der Waals surface area contributed by atoms with E-state index >= 15 is 0 Å². The summed E-state index contributed by atoms with van der Waals surface area (Å²) in [6.45, 7) is 2.12. The number of methoxy groups -OCH3 is 1. The number of rotatable bonds is 4. The molecule has 0 bridgehead atoms. The van der Waals surface area contributed by atoms with Gasteiger partial charge in [-0.05, 0) is 55.4 Å². The summed E-state index contributed by atoms with van der Waals surface area (Å²) in [5, 5.41) is 13.6. The third kappa shape index (κ3) is 9.27. The average molecular weight is 592 g/mol. The summed E-state index contributed by atoms with van der Waals surface area (Å²) in [7, 11) is 5.19. The first-order valence-corrected chi connectivity index (χ1v) is 11.8. The number of nitrogens with one attached hydrogen (secondary N) is 1. The van der Waals surface area contributed by atoms with Gasteiger partial charge in [0.1, 0.15) is 0 Å². The van der Waals surface area contributed by atoms with E-state index in [1.807, 2.05) is 0 Å². The van der Waals surface area contributed by atoms with E-state index in [0.717, 1.165) is 37.3 Å². The van der Waals surface area contributed by atoms with Gasteiger partial charge in [-0.2, -0.15) is 27.3 Å². The van der Waals surface area contributed by atoms with Gasteiger partial charge >= 0.3 is 6.18 Å². The molecule has 4 unspecified atom stereocenters. The molecular formula is C24H38F3N4O4Y-. The predicted molar refractivity (Wildman–Crippen MR) is 126 cm³/mol. The van der Waals surface area contributed by atoms with Crippen LogP contribution in [-0.4, -0.2) is 75.2 Å². The molecule has 1 radical (unpaired) electrons. The Hall–Kier alpha value is -0.656. The van der Waals surface area contributed by atoms with Crippen LogP contribution in [0.5, 0.6) is 0 Å². The normalized spacial score (nSPS) is 25.4. The maximum atomic E-state index is 13.1. The summed E-state index contributed by atoms with van der Waals surface area (Å²) in [4.78, 5) is 14.8. The van der Waals surface area contributed by atoms with Gasteiger partial charge < -0.3 is 30.2 Å². The van der Waals surface area contributed by atoms with E-state index in [4.69, 9.17) is 14.7 Å². The van der Waals surface area contributed by atoms with E-state index in [1.165, 1.54) is 6.07 Å². The van der Waals surface area contributed by atoms with Crippen LogP contribution in [0.4, 0.5) is 13.2 Å². The van der Waals surface area contributed by atoms with E-state index in [-0.39, 0.29) is 69.3 Å². The van der Waals surface area contributed by atoms with Gasteiger partial charge in [0.05, 0.1) is 18.3 Å². The minimum Gasteiger partial charge on any atom is -0.668 e. The molecule has 4 atom stereocenters. The van der Waals surface area contributed by atoms with Crippen LogP contribution in [-0.2, 0) is 66.1 Å². The van der Waals surface area contributed by atoms with Crippen LogP contribution in [0.1, 0.15) is 42.4 Å². The second-order valence-corrected chi connectivity index (χ2v) is 9.06. The van der Waals surface area contributed by atoms with Crippen molar-refractivity contribution in [1.29, 1.82) is 0 Å². The Bertz CT molecular complexity index is 803. The maximum absolute atomic E-state index is 13.1. The van der Waals surface area contributed by atoms with Crippen LogP contribution in [0.25, 0.3) is 5.32 Å². The van der Waals surface area contributed by atoms with Gasteiger partial charge in [0.15, 0.2) is 0 Å². The van der Waals surface area contributed by atoms with Crippen LogP contribution in [0, 0.1) is 5.92 Å². The molecule has 0 spiro atoms. The number of nitrogens with zero attached hydrogens (tertiary/aromatic N) is 2. The Morgan fingerprint density at radius 2 is 1.92 bits per heavy atom. The van der Waals surface area contributed by atoms with Crippen molar-refractivity contribution in [3.63, 3.8) is 0 Å². The minimum atomic E-state index is -4.37. The quantitative estimate of drug-likeness (QED) is 0.464. The van der Waals surface area contributed by atoms with Crippen LogP contribution in [0.3, 0.4) is 0 Å². The van der Waals surface area contributed by atoms with E-state index in [9.17, 15) is 18.0 Å². The van der Waals surface area contributed by atoms with Gasteiger partial charge in [-0.15, -0.1) is 0 Å². The summed E-state index contributed by atoms with van der Waals surface area (Å²) in [6.07, 6.45) is -0.358. The Morgan fingerprint density at radius 3 is 2.56 bits per heavy atom. The van der Waals surface area contributed by atoms with Crippen molar-refractivity contribution in [2.24, 2.45) is 11.8 Å². The zero-order valence-electron chi connectivity index (χ0n) is 21.3. The second-order valence-electron chi connectivity index (χ2n) is 9.06. The van der Waals surface area contributed by atoms with Gasteiger partial charge in [0.2, 0.25) is 5.91 Å². The van der Waals surface area contributed by atoms with Crippen molar-refractivity contribution in [2.75, 3.05) is 41.0 Å². The summed E-state index contributed by atoms with van der Waals surface area (Å²) in [5.41, 5.74) is 0.871. The number of hydrogen-bond donors (Lipinski definition) is 3. The van der Waals surface area contributed by atoms with Crippen molar-refractivity contribution in [3.05, 3.63) is 40.2 Å². The number of alkyl halides is 3. The molecule has 3 aliphatic rings. The van der Waals surface area contributed by atoms with Gasteiger partial charge in [0, 0.05) is 77.5 Å². The molecule has 0 aromatic heterocycles. The van der Waals surface area contributed by atoms with Crippen LogP contribution < -0.4 is 11.2 Å². The summed E-state index contributed by atoms with van der Waals surface area (Å²) < 4.78 is 50.1. The Labute approximate surface area is 236 Å². The van der Waals surface area contributed by atoms with Crippen LogP contribution in [0.2, 0.25) is 0 Å². The molecule has 1 amide bonds. The average Bonchev–Trinajstić information content (AvgIpc) is 3.33. The van der Waals surface area contributed by atoms with Gasteiger partial charge in [-0.25, -0.2) is 5.90 Å². The van der Waals surface area contributed by atoms with Gasteiger partial charge in [-0.3, -0.25) is 4.79 Å². The number of benzene rings is 1. The first-order chi connectivity index (χ1) is 16.8. The van der Waals surface area contributed by atoms with Gasteiger partial charge in [-0.1, -0.05) is 6.07 Å². The van der Waals surface area contributed by atoms with E-state index in [0.29, 0.717) is 31.7 Å². The third-order valence-corrected chi connectivity index (χ3v) is 6.70. The van der Waals surface area contributed by atoms with Crippen molar-refractivity contribution in [1.82, 2.24) is 10.2 Å². The molecule has 1 aliphatic carbocycles. The standard InChI is InChI=1S/C22H29F3N2O3.C2H6N.H3NO.Y/c1-29-20-13-30-9-7-19(20)26-18-5-3-15(11-18)21(28)27-8-6-14-2-4-17(22(23,24)25)10-16(14)12-27;1-3-2;1-2;/h2,4,10,15,18-20,26H,3,5-9,11-13H2,1H3;1-2H3;2H,1H2;/q;-1;;. The molecule has 1 aromatic carbocycles. The summed E-state index contributed by atoms with van der Waals surface area (Å²) >= 11 is 0. The number of carbonyl (C=O) groups is 1. The first-order valence-electron chi connectivity index (χ1n) is 11.8. The fourth-order valence-electron chi connectivity index (χ4n) is 4.97. The fourth-order valence-corrected chi connectivity index (χ4v) is 4.97. The first kappa shape index (κ1) is 33.4. The van der Waals surface area contributed by atoms with Crippen molar-refractivity contribution in [3.8, 4) is 0 Å². The fraction of sp³-hybridized carbons (Fsp3) is 0.708. The molecule has 1 aromatic rings. The maximum Gasteiger partial charge on any atom is 0.416 e. The van der Waals surface area contributed by atoms with Crippen LogP contribution >= 0.6 is 0 Å². The molecule has 8 nitrogen and oxygen atoms in total. The molecule has 4 rings (SSSR count). The molecule has 2 fully saturated rings. The van der Waals surface area contributed by atoms with E-state index in [2.05, 4.69) is 16.5 Å². The number of fused-ring (bicyclic) bond motifs is 1. The topological polar surface area (TPSA) is 111 Å². The second kappa shape index (κ2) is 16.3.